The highest BCUT2D eigenvalue weighted by atomic mass is 127. The maximum Gasteiger partial charge on any atom is 0.191 e. The number of rotatable bonds is 6. The van der Waals surface area contributed by atoms with E-state index in [4.69, 9.17) is 0 Å². The highest BCUT2D eigenvalue weighted by Crippen LogP contribution is 2.23. The molecule has 0 aliphatic carbocycles. The molecule has 3 saturated heterocycles. The lowest BCUT2D eigenvalue weighted by atomic mass is 9.91. The van der Waals surface area contributed by atoms with E-state index < -0.39 is 0 Å². The van der Waals surface area contributed by atoms with Gasteiger partial charge in [-0.2, -0.15) is 0 Å². The molecule has 3 heterocycles. The predicted molar refractivity (Wildman–Crippen MR) is 131 cm³/mol. The molecule has 0 saturated carbocycles. The minimum atomic E-state index is 0. The number of benzene rings is 2. The Bertz CT molecular complexity index is 720. The van der Waals surface area contributed by atoms with E-state index in [2.05, 4.69) is 86.1 Å². The van der Waals surface area contributed by atoms with Crippen LogP contribution in [0.3, 0.4) is 0 Å². The van der Waals surface area contributed by atoms with Gasteiger partial charge in [0.1, 0.15) is 0 Å². The van der Waals surface area contributed by atoms with Gasteiger partial charge >= 0.3 is 0 Å². The van der Waals surface area contributed by atoms with Crippen LogP contribution in [0.4, 0.5) is 0 Å². The molecule has 1 unspecified atom stereocenters. The number of fused-ring (bicyclic) bond motifs is 3. The largest absolute Gasteiger partial charge is 0.355 e. The molecule has 2 aromatic carbocycles. The summed E-state index contributed by atoms with van der Waals surface area (Å²) in [6, 6.07) is 22.0. The van der Waals surface area contributed by atoms with Gasteiger partial charge in [0.2, 0.25) is 0 Å². The fourth-order valence-corrected chi connectivity index (χ4v) is 4.35. The van der Waals surface area contributed by atoms with Gasteiger partial charge in [0.15, 0.2) is 5.96 Å². The van der Waals surface area contributed by atoms with E-state index in [0.29, 0.717) is 12.0 Å². The monoisotopic (exact) mass is 505 g/mol. The van der Waals surface area contributed by atoms with Crippen molar-refractivity contribution in [3.8, 4) is 0 Å². The van der Waals surface area contributed by atoms with Gasteiger partial charge < -0.3 is 10.6 Å². The quantitative estimate of drug-likeness (QED) is 0.360. The van der Waals surface area contributed by atoms with Crippen molar-refractivity contribution in [2.24, 2.45) is 4.99 Å². The highest BCUT2D eigenvalue weighted by molar-refractivity contribution is 14.0. The third kappa shape index (κ3) is 5.71. The van der Waals surface area contributed by atoms with Gasteiger partial charge in [0.25, 0.3) is 0 Å². The van der Waals surface area contributed by atoms with E-state index in [-0.39, 0.29) is 24.0 Å². The number of halogens is 1. The van der Waals surface area contributed by atoms with E-state index >= 15 is 0 Å². The summed E-state index contributed by atoms with van der Waals surface area (Å²) in [5, 5.41) is 7.11. The number of hydrogen-bond acceptors (Lipinski definition) is 3. The van der Waals surface area contributed by atoms with Gasteiger partial charge in [0, 0.05) is 64.8 Å². The first kappa shape index (κ1) is 22.1. The fraction of sp³-hybridized carbons (Fsp3) is 0.435. The SMILES string of the molecule is CN=C(NCC(c1ccccc1)c1ccccc1)NCC1CN2CCN1CC2.I. The van der Waals surface area contributed by atoms with E-state index in [9.17, 15) is 0 Å². The average molecular weight is 505 g/mol. The Hall–Kier alpha value is -1.64. The molecule has 6 heteroatoms. The molecule has 0 spiro atoms. The smallest absolute Gasteiger partial charge is 0.191 e. The molecule has 1 atom stereocenters. The molecular weight excluding hydrogens is 473 g/mol. The molecule has 2 aromatic rings. The molecule has 0 amide bonds. The molecule has 5 rings (SSSR count). The van der Waals surface area contributed by atoms with Crippen LogP contribution >= 0.6 is 24.0 Å². The van der Waals surface area contributed by atoms with Crippen molar-refractivity contribution in [3.05, 3.63) is 71.8 Å². The van der Waals surface area contributed by atoms with Gasteiger partial charge in [0.05, 0.1) is 0 Å². The topological polar surface area (TPSA) is 42.9 Å². The van der Waals surface area contributed by atoms with Gasteiger partial charge in [-0.25, -0.2) is 0 Å². The number of nitrogens with zero attached hydrogens (tertiary/aromatic N) is 3. The Labute approximate surface area is 191 Å². The van der Waals surface area contributed by atoms with Crippen molar-refractivity contribution < 1.29 is 0 Å². The number of hydrogen-bond donors (Lipinski definition) is 2. The van der Waals surface area contributed by atoms with Crippen molar-refractivity contribution >= 4 is 29.9 Å². The third-order valence-corrected chi connectivity index (χ3v) is 6.00. The maximum atomic E-state index is 4.46. The molecule has 3 aliphatic heterocycles. The first-order valence-electron chi connectivity index (χ1n) is 10.3. The van der Waals surface area contributed by atoms with E-state index in [1.165, 1.54) is 43.9 Å². The van der Waals surface area contributed by atoms with Crippen LogP contribution in [0.5, 0.6) is 0 Å². The second-order valence-corrected chi connectivity index (χ2v) is 7.70. The van der Waals surface area contributed by atoms with Crippen LogP contribution in [-0.2, 0) is 0 Å². The molecule has 156 valence electrons. The molecule has 2 N–H and O–H groups in total. The van der Waals surface area contributed by atoms with Gasteiger partial charge in [-0.1, -0.05) is 60.7 Å². The lowest BCUT2D eigenvalue weighted by Crippen LogP contribution is -2.63. The van der Waals surface area contributed by atoms with Gasteiger partial charge in [-0.15, -0.1) is 24.0 Å². The second-order valence-electron chi connectivity index (χ2n) is 7.70. The van der Waals surface area contributed by atoms with Gasteiger partial charge in [-0.3, -0.25) is 14.8 Å². The fourth-order valence-electron chi connectivity index (χ4n) is 4.35. The summed E-state index contributed by atoms with van der Waals surface area (Å²) in [6.07, 6.45) is 0. The molecule has 29 heavy (non-hydrogen) atoms. The van der Waals surface area contributed by atoms with Crippen LogP contribution in [-0.4, -0.2) is 74.7 Å². The third-order valence-electron chi connectivity index (χ3n) is 6.00. The Kier molecular flexibility index (Phi) is 8.32. The number of piperazine rings is 3. The zero-order valence-electron chi connectivity index (χ0n) is 17.1. The number of aliphatic imine (C=N–C) groups is 1. The number of nitrogens with one attached hydrogen (secondary N) is 2. The van der Waals surface area contributed by atoms with Crippen LogP contribution in [0.15, 0.2) is 65.7 Å². The van der Waals surface area contributed by atoms with Crippen LogP contribution < -0.4 is 10.6 Å². The summed E-state index contributed by atoms with van der Waals surface area (Å²) in [5.74, 6) is 1.18. The van der Waals surface area contributed by atoms with Gasteiger partial charge in [-0.05, 0) is 11.1 Å². The highest BCUT2D eigenvalue weighted by Gasteiger charge is 2.31. The molecule has 2 bridgehead atoms. The Balaban J connectivity index is 0.00000240. The summed E-state index contributed by atoms with van der Waals surface area (Å²) >= 11 is 0. The van der Waals surface area contributed by atoms with Crippen molar-refractivity contribution in [2.75, 3.05) is 52.9 Å². The lowest BCUT2D eigenvalue weighted by Gasteiger charge is -2.47. The van der Waals surface area contributed by atoms with Crippen LogP contribution in [0.25, 0.3) is 0 Å². The van der Waals surface area contributed by atoms with Crippen LogP contribution in [0.2, 0.25) is 0 Å². The zero-order chi connectivity index (χ0) is 19.2. The summed E-state index contributed by atoms with van der Waals surface area (Å²) < 4.78 is 0. The summed E-state index contributed by atoms with van der Waals surface area (Å²) in [7, 11) is 1.85. The lowest BCUT2D eigenvalue weighted by molar-refractivity contribution is 0.0154. The summed E-state index contributed by atoms with van der Waals surface area (Å²) in [5.41, 5.74) is 2.64. The van der Waals surface area contributed by atoms with Crippen LogP contribution in [0, 0.1) is 0 Å². The normalized spacial score (nSPS) is 23.5. The first-order valence-corrected chi connectivity index (χ1v) is 10.3. The average Bonchev–Trinajstić information content (AvgIpc) is 2.78. The number of guanidine groups is 1. The molecular formula is C23H32IN5. The van der Waals surface area contributed by atoms with E-state index in [0.717, 1.165) is 19.0 Å². The summed E-state index contributed by atoms with van der Waals surface area (Å²) in [4.78, 5) is 9.64. The van der Waals surface area contributed by atoms with Crippen molar-refractivity contribution in [1.29, 1.82) is 0 Å². The van der Waals surface area contributed by atoms with E-state index in [1.807, 2.05) is 7.05 Å². The molecule has 0 aromatic heterocycles. The van der Waals surface area contributed by atoms with Crippen molar-refractivity contribution in [1.82, 2.24) is 20.4 Å². The standard InChI is InChI=1S/C23H31N5.HI/c1-24-23(25-16-21-18-27-12-14-28(21)15-13-27)26-17-22(19-8-4-2-5-9-19)20-10-6-3-7-11-20;/h2-11,21-22H,12-18H2,1H3,(H2,24,25,26);1H. The Morgan fingerprint density at radius 3 is 2.00 bits per heavy atom. The van der Waals surface area contributed by atoms with E-state index in [1.54, 1.807) is 0 Å². The first-order chi connectivity index (χ1) is 13.8. The second kappa shape index (κ2) is 10.9. The summed E-state index contributed by atoms with van der Waals surface area (Å²) in [6.45, 7) is 7.76. The molecule has 3 aliphatic rings. The predicted octanol–water partition coefficient (Wildman–Crippen LogP) is 2.60. The van der Waals surface area contributed by atoms with Crippen LogP contribution in [0.1, 0.15) is 17.0 Å². The molecule has 3 fully saturated rings. The molecule has 5 nitrogen and oxygen atoms in total. The van der Waals surface area contributed by atoms with Crippen molar-refractivity contribution in [3.63, 3.8) is 0 Å². The minimum absolute atomic E-state index is 0. The molecule has 0 radical (unpaired) electrons. The maximum absolute atomic E-state index is 4.46. The Morgan fingerprint density at radius 1 is 0.931 bits per heavy atom. The Morgan fingerprint density at radius 2 is 1.52 bits per heavy atom. The van der Waals surface area contributed by atoms with Crippen molar-refractivity contribution in [2.45, 2.75) is 12.0 Å². The zero-order valence-corrected chi connectivity index (χ0v) is 19.5. The minimum Gasteiger partial charge on any atom is -0.355 e.